The van der Waals surface area contributed by atoms with Crippen LogP contribution in [0.1, 0.15) is 88.9 Å². The van der Waals surface area contributed by atoms with Crippen LogP contribution in [0.4, 0.5) is 0 Å². The lowest BCUT2D eigenvalue weighted by atomic mass is 9.81. The molecule has 18 rings (SSSR count). The summed E-state index contributed by atoms with van der Waals surface area (Å²) in [4.78, 5) is 0. The van der Waals surface area contributed by atoms with E-state index in [9.17, 15) is 0 Å². The van der Waals surface area contributed by atoms with Gasteiger partial charge in [0, 0.05) is 97.9 Å². The molecule has 0 amide bonds. The third-order valence-electron chi connectivity index (χ3n) is 22.5. The first-order valence-corrected chi connectivity index (χ1v) is 38.9. The summed E-state index contributed by atoms with van der Waals surface area (Å²) in [5, 5.41) is 11.7. The minimum absolute atomic E-state index is 0.0315. The third kappa shape index (κ3) is 15.3. The zero-order valence-electron chi connectivity index (χ0n) is 67.4. The van der Waals surface area contributed by atoms with Crippen molar-refractivity contribution in [2.75, 3.05) is 0 Å². The summed E-state index contributed by atoms with van der Waals surface area (Å²) in [6, 6.07) is 106. The fourth-order valence-corrected chi connectivity index (χ4v) is 16.7. The van der Waals surface area contributed by atoms with Gasteiger partial charge in [-0.15, -0.1) is 0 Å². The van der Waals surface area contributed by atoms with Crippen LogP contribution in [0.5, 0.6) is 0 Å². The summed E-state index contributed by atoms with van der Waals surface area (Å²) in [5.74, 6) is 0.651. The van der Waals surface area contributed by atoms with Crippen LogP contribution in [0, 0.1) is 61.3 Å². The van der Waals surface area contributed by atoms with Crippen molar-refractivity contribution in [2.45, 2.75) is 94.9 Å². The van der Waals surface area contributed by atoms with Crippen molar-refractivity contribution in [3.63, 3.8) is 0 Å². The van der Waals surface area contributed by atoms with Crippen LogP contribution in [-0.4, -0.2) is 0 Å². The van der Waals surface area contributed by atoms with E-state index in [4.69, 9.17) is 0 Å². The second-order valence-electron chi connectivity index (χ2n) is 31.6. The molecule has 0 spiro atoms. The largest absolute Gasteiger partial charge is 0.220 e. The average Bonchev–Trinajstić information content (AvgIpc) is 1.55. The summed E-state index contributed by atoms with van der Waals surface area (Å²) in [5.41, 5.74) is 34.3. The monoisotopic (exact) mass is 1430 g/mol. The molecule has 5 nitrogen and oxygen atoms in total. The zero-order chi connectivity index (χ0) is 77.2. The highest BCUT2D eigenvalue weighted by Gasteiger charge is 2.37. The van der Waals surface area contributed by atoms with Gasteiger partial charge in [0.05, 0.1) is 10.8 Å². The summed E-state index contributed by atoms with van der Waals surface area (Å²) >= 11 is 0. The number of nitrogens with zero attached hydrogens (tertiary/aromatic N) is 5. The first-order chi connectivity index (χ1) is 53.0. The number of pyridine rings is 5. The molecule has 0 unspecified atom stereocenters. The molecule has 0 saturated heterocycles. The van der Waals surface area contributed by atoms with E-state index in [-0.39, 0.29) is 5.41 Å². The molecule has 0 radical (unpaired) electrons. The van der Waals surface area contributed by atoms with E-state index in [2.05, 4.69) is 445 Å². The molecular weight excluding hydrogens is 1330 g/mol. The Morgan fingerprint density at radius 2 is 0.773 bits per heavy atom. The number of benzene rings is 12. The van der Waals surface area contributed by atoms with Crippen LogP contribution >= 0.6 is 0 Å². The van der Waals surface area contributed by atoms with Gasteiger partial charge in [0.15, 0.2) is 12.4 Å². The molecule has 1 aliphatic carbocycles. The maximum Gasteiger partial charge on any atom is 0.220 e. The Kier molecular flexibility index (Phi) is 21.5. The van der Waals surface area contributed by atoms with Crippen LogP contribution in [0.2, 0.25) is 0 Å². The van der Waals surface area contributed by atoms with E-state index in [0.717, 1.165) is 6.42 Å². The number of rotatable bonds is 7. The van der Waals surface area contributed by atoms with E-state index in [1.165, 1.54) is 194 Å². The number of aryl methyl sites for hydroxylation is 13. The summed E-state index contributed by atoms with van der Waals surface area (Å²) < 4.78 is 11.3. The lowest BCUT2D eigenvalue weighted by Gasteiger charge is -2.22. The lowest BCUT2D eigenvalue weighted by molar-refractivity contribution is -0.659. The molecule has 5 aromatic heterocycles. The van der Waals surface area contributed by atoms with Gasteiger partial charge in [-0.2, -0.15) is 13.7 Å². The SMILES string of the molecule is C[n+]1c(-c2ccc3ccccc3c2)ccc2ccccc21.Cc1cc(C)cc(-c2cc(CC(C)C)c3ccccc3[n+]2C)c1.Cc1cc2c(cc1-c1ccc3ccccc3[n+]1C)C(C)(C)c1ccccc1-2.Cc1ccc(C)c(-c2c3ccc(C)cc3cc[n+]2C)c1.Cc1ccc2c(-c3ccccc3C)[n+](C)ccc2c1. The summed E-state index contributed by atoms with van der Waals surface area (Å²) in [7, 11) is 10.7. The van der Waals surface area contributed by atoms with Gasteiger partial charge in [-0.3, -0.25) is 0 Å². The smallest absolute Gasteiger partial charge is 0.200 e. The highest BCUT2D eigenvalue weighted by Crippen LogP contribution is 2.50. The molecule has 110 heavy (non-hydrogen) atoms. The van der Waals surface area contributed by atoms with Crippen molar-refractivity contribution < 1.29 is 22.8 Å². The number of aromatic nitrogens is 5. The highest BCUT2D eigenvalue weighted by atomic mass is 15.0. The second-order valence-corrected chi connectivity index (χ2v) is 31.6. The predicted octanol–water partition coefficient (Wildman–Crippen LogP) is 23.8. The number of hydrogen-bond acceptors (Lipinski definition) is 0. The summed E-state index contributed by atoms with van der Waals surface area (Å²) in [6.07, 6.45) is 5.40. The molecule has 12 aromatic carbocycles. The Hall–Kier alpha value is -12.1. The molecule has 0 bridgehead atoms. The van der Waals surface area contributed by atoms with Gasteiger partial charge >= 0.3 is 0 Å². The Balaban J connectivity index is 0.000000115. The average molecular weight is 1440 g/mol. The van der Waals surface area contributed by atoms with Gasteiger partial charge < -0.3 is 0 Å². The van der Waals surface area contributed by atoms with Crippen LogP contribution in [-0.2, 0) is 47.1 Å². The molecule has 5 heterocycles. The van der Waals surface area contributed by atoms with Gasteiger partial charge in [0.1, 0.15) is 35.2 Å². The van der Waals surface area contributed by atoms with Crippen LogP contribution in [0.3, 0.4) is 0 Å². The Bertz CT molecular complexity index is 6350. The topological polar surface area (TPSA) is 19.4 Å². The molecule has 0 saturated carbocycles. The minimum atomic E-state index is 0.0315. The fourth-order valence-electron chi connectivity index (χ4n) is 16.7. The maximum atomic E-state index is 2.43. The van der Waals surface area contributed by atoms with Gasteiger partial charge in [-0.05, 0) is 219 Å². The van der Waals surface area contributed by atoms with Crippen molar-refractivity contribution in [3.8, 4) is 67.4 Å². The lowest BCUT2D eigenvalue weighted by Crippen LogP contribution is -2.32. The molecule has 17 aromatic rings. The molecule has 1 aliphatic rings. The zero-order valence-corrected chi connectivity index (χ0v) is 67.4. The van der Waals surface area contributed by atoms with E-state index in [0.29, 0.717) is 5.92 Å². The third-order valence-corrected chi connectivity index (χ3v) is 22.5. The van der Waals surface area contributed by atoms with E-state index in [1.54, 1.807) is 0 Å². The fraction of sp³-hybridized carbons (Fsp3) is 0.190. The minimum Gasteiger partial charge on any atom is -0.200 e. The van der Waals surface area contributed by atoms with E-state index < -0.39 is 0 Å². The van der Waals surface area contributed by atoms with E-state index >= 15 is 0 Å². The van der Waals surface area contributed by atoms with Crippen molar-refractivity contribution in [1.29, 1.82) is 0 Å². The first-order valence-electron chi connectivity index (χ1n) is 38.9. The van der Waals surface area contributed by atoms with Gasteiger partial charge in [0.2, 0.25) is 45.0 Å². The molecule has 0 fully saturated rings. The molecule has 0 atom stereocenters. The van der Waals surface area contributed by atoms with Crippen LogP contribution < -0.4 is 22.8 Å². The Morgan fingerprint density at radius 1 is 0.282 bits per heavy atom. The van der Waals surface area contributed by atoms with Gasteiger partial charge in [-0.1, -0.05) is 213 Å². The van der Waals surface area contributed by atoms with Gasteiger partial charge in [0.25, 0.3) is 0 Å². The number of fused-ring (bicyclic) bond motifs is 9. The van der Waals surface area contributed by atoms with Crippen molar-refractivity contribution in [1.82, 2.24) is 0 Å². The van der Waals surface area contributed by atoms with Crippen LogP contribution in [0.15, 0.2) is 304 Å². The van der Waals surface area contributed by atoms with Crippen molar-refractivity contribution >= 4 is 65.0 Å². The molecule has 0 aliphatic heterocycles. The van der Waals surface area contributed by atoms with E-state index in [1.807, 2.05) is 0 Å². The summed E-state index contributed by atoms with van der Waals surface area (Å²) in [6.45, 7) is 26.6. The molecule has 5 heteroatoms. The Morgan fingerprint density at radius 3 is 1.40 bits per heavy atom. The standard InChI is InChI=1S/C26H24N.C22H26N.C20H16N.C19H20N.C18H18N/c1-17-15-21-19-10-6-7-11-22(19)26(2,3)23(21)16-20(17)25-14-13-18-9-5-8-12-24(18)27(25)4;1-15(2)10-18-14-22(19-12-16(3)11-17(4)13-19)23(5)21-9-7-6-8-20(18)21;1-21-19-9-5-4-7-16(19)12-13-20(21)18-11-10-15-6-2-3-8-17(15)14-18;1-13-6-8-17-16(11-13)9-10-20(4)19(17)18-12-14(2)5-7-15(18)3;1-13-8-9-17-15(12-13)10-11-19(3)18(17)16-7-5-4-6-14(16)2/h5-16H,1-4H3;6-9,11-15H,10H2,1-5H3;2-14H,1H3;5-12H,1-4H3;4-12H,1-3H3/q5*+1. The van der Waals surface area contributed by atoms with Crippen molar-refractivity contribution in [2.24, 2.45) is 41.2 Å². The quantitative estimate of drug-likeness (QED) is 0.142. The molecule has 544 valence electrons. The molecule has 0 N–H and O–H groups in total. The van der Waals surface area contributed by atoms with Gasteiger partial charge in [-0.25, -0.2) is 9.13 Å². The Labute approximate surface area is 652 Å². The molecular formula is C105H104N5+5. The number of para-hydroxylation sites is 3. The highest BCUT2D eigenvalue weighted by molar-refractivity contribution is 5.96. The second kappa shape index (κ2) is 31.6. The van der Waals surface area contributed by atoms with Crippen LogP contribution in [0.25, 0.3) is 132 Å². The first kappa shape index (κ1) is 74.8. The normalized spacial score (nSPS) is 11.9. The predicted molar refractivity (Wildman–Crippen MR) is 464 cm³/mol. The van der Waals surface area contributed by atoms with Crippen molar-refractivity contribution in [3.05, 3.63) is 365 Å². The maximum absolute atomic E-state index is 2.43. The number of hydrogen-bond donors (Lipinski definition) is 0.